The van der Waals surface area contributed by atoms with Gasteiger partial charge in [-0.15, -0.1) is 0 Å². The van der Waals surface area contributed by atoms with Gasteiger partial charge in [-0.05, 0) is 29.7 Å². The molecule has 0 unspecified atom stereocenters. The molecule has 7 heteroatoms. The van der Waals surface area contributed by atoms with Gasteiger partial charge in [-0.2, -0.15) is 4.37 Å². The molecule has 1 aromatic carbocycles. The van der Waals surface area contributed by atoms with Crippen LogP contribution in [0.3, 0.4) is 0 Å². The van der Waals surface area contributed by atoms with Crippen LogP contribution in [0.1, 0.15) is 24.7 Å². The number of halogens is 2. The summed E-state index contributed by atoms with van der Waals surface area (Å²) in [7, 11) is 0. The van der Waals surface area contributed by atoms with Crippen LogP contribution < -0.4 is 5.73 Å². The predicted octanol–water partition coefficient (Wildman–Crippen LogP) is 3.77. The van der Waals surface area contributed by atoms with E-state index in [1.807, 2.05) is 6.92 Å². The lowest BCUT2D eigenvalue weighted by Gasteiger charge is -2.07. The van der Waals surface area contributed by atoms with Crippen molar-refractivity contribution in [3.63, 3.8) is 0 Å². The van der Waals surface area contributed by atoms with Gasteiger partial charge in [0.15, 0.2) is 4.34 Å². The van der Waals surface area contributed by atoms with Crippen LogP contribution in [-0.4, -0.2) is 9.36 Å². The molecule has 0 spiro atoms. The third-order valence-electron chi connectivity index (χ3n) is 2.23. The second-order valence-electron chi connectivity index (χ2n) is 3.53. The van der Waals surface area contributed by atoms with Gasteiger partial charge in [-0.1, -0.05) is 18.7 Å². The number of hydrogen-bond acceptors (Lipinski definition) is 5. The Balaban J connectivity index is 2.28. The van der Waals surface area contributed by atoms with Crippen molar-refractivity contribution in [1.29, 1.82) is 0 Å². The van der Waals surface area contributed by atoms with Crippen LogP contribution in [0.25, 0.3) is 0 Å². The first kappa shape index (κ1) is 13.2. The molecule has 0 aliphatic heterocycles. The van der Waals surface area contributed by atoms with Gasteiger partial charge in [0.1, 0.15) is 5.82 Å². The Hall–Kier alpha value is -1.21. The van der Waals surface area contributed by atoms with Crippen molar-refractivity contribution < 1.29 is 8.78 Å². The summed E-state index contributed by atoms with van der Waals surface area (Å²) in [5, 5.41) is 0. The molecule has 96 valence electrons. The van der Waals surface area contributed by atoms with E-state index in [-0.39, 0.29) is 5.56 Å². The molecule has 0 aliphatic carbocycles. The Morgan fingerprint density at radius 1 is 1.44 bits per heavy atom. The summed E-state index contributed by atoms with van der Waals surface area (Å²) in [5.74, 6) is 0.733. The molecule has 0 amide bonds. The van der Waals surface area contributed by atoms with Gasteiger partial charge >= 0.3 is 0 Å². The first-order valence-electron chi connectivity index (χ1n) is 5.28. The standard InChI is InChI=1S/C11H11F2N3S2/c1-2-9-15-11(18-16-9)17-8-4-3-6(14)5-7(8)10(12)13/h3-5,10H,2,14H2,1H3. The van der Waals surface area contributed by atoms with Crippen LogP contribution in [0.5, 0.6) is 0 Å². The van der Waals surface area contributed by atoms with Crippen LogP contribution in [0.4, 0.5) is 14.5 Å². The van der Waals surface area contributed by atoms with E-state index in [0.717, 1.165) is 12.2 Å². The van der Waals surface area contributed by atoms with Gasteiger partial charge in [-0.25, -0.2) is 13.8 Å². The van der Waals surface area contributed by atoms with E-state index in [2.05, 4.69) is 9.36 Å². The molecule has 0 saturated carbocycles. The number of hydrogen-bond donors (Lipinski definition) is 1. The van der Waals surface area contributed by atoms with E-state index in [0.29, 0.717) is 14.9 Å². The molecule has 0 radical (unpaired) electrons. The Bertz CT molecular complexity index is 543. The predicted molar refractivity (Wildman–Crippen MR) is 69.2 cm³/mol. The fraction of sp³-hybridized carbons (Fsp3) is 0.273. The van der Waals surface area contributed by atoms with Crippen molar-refractivity contribution in [3.05, 3.63) is 29.6 Å². The molecule has 2 aromatic rings. The molecule has 2 rings (SSSR count). The molecule has 0 aliphatic rings. The highest BCUT2D eigenvalue weighted by Gasteiger charge is 2.15. The van der Waals surface area contributed by atoms with Gasteiger partial charge in [0.2, 0.25) is 0 Å². The first-order valence-corrected chi connectivity index (χ1v) is 6.87. The lowest BCUT2D eigenvalue weighted by molar-refractivity contribution is 0.148. The molecule has 0 bridgehead atoms. The lowest BCUT2D eigenvalue weighted by Crippen LogP contribution is -1.92. The summed E-state index contributed by atoms with van der Waals surface area (Å²) in [5.41, 5.74) is 5.79. The number of anilines is 1. The molecule has 0 fully saturated rings. The zero-order valence-corrected chi connectivity index (χ0v) is 11.2. The normalized spacial score (nSPS) is 11.1. The van der Waals surface area contributed by atoms with E-state index in [1.165, 1.54) is 29.4 Å². The number of alkyl halides is 2. The average molecular weight is 287 g/mol. The van der Waals surface area contributed by atoms with Crippen molar-refractivity contribution >= 4 is 29.0 Å². The average Bonchev–Trinajstić information content (AvgIpc) is 2.79. The number of nitrogen functional groups attached to an aromatic ring is 1. The third kappa shape index (κ3) is 2.97. The number of rotatable bonds is 4. The van der Waals surface area contributed by atoms with E-state index in [9.17, 15) is 8.78 Å². The van der Waals surface area contributed by atoms with E-state index >= 15 is 0 Å². The number of aromatic nitrogens is 2. The fourth-order valence-corrected chi connectivity index (χ4v) is 3.12. The summed E-state index contributed by atoms with van der Waals surface area (Å²) in [6, 6.07) is 4.50. The molecule has 0 saturated heterocycles. The largest absolute Gasteiger partial charge is 0.399 e. The zero-order valence-electron chi connectivity index (χ0n) is 9.56. The summed E-state index contributed by atoms with van der Waals surface area (Å²) in [6.07, 6.45) is -1.81. The molecular weight excluding hydrogens is 276 g/mol. The first-order chi connectivity index (χ1) is 8.60. The fourth-order valence-electron chi connectivity index (χ4n) is 1.35. The number of nitrogens with two attached hydrogens (primary N) is 1. The molecule has 0 atom stereocenters. The Morgan fingerprint density at radius 2 is 2.22 bits per heavy atom. The molecule has 1 heterocycles. The lowest BCUT2D eigenvalue weighted by atomic mass is 10.2. The van der Waals surface area contributed by atoms with Crippen LogP contribution in [0.2, 0.25) is 0 Å². The van der Waals surface area contributed by atoms with Crippen LogP contribution in [0, 0.1) is 0 Å². The zero-order chi connectivity index (χ0) is 13.1. The van der Waals surface area contributed by atoms with Crippen molar-refractivity contribution in [2.24, 2.45) is 0 Å². The molecule has 18 heavy (non-hydrogen) atoms. The topological polar surface area (TPSA) is 51.8 Å². The van der Waals surface area contributed by atoms with E-state index in [4.69, 9.17) is 5.73 Å². The van der Waals surface area contributed by atoms with Gasteiger partial charge in [0.25, 0.3) is 6.43 Å². The molecule has 2 N–H and O–H groups in total. The Morgan fingerprint density at radius 3 is 2.83 bits per heavy atom. The van der Waals surface area contributed by atoms with Crippen molar-refractivity contribution in [1.82, 2.24) is 9.36 Å². The molecular formula is C11H11F2N3S2. The second kappa shape index (κ2) is 5.62. The smallest absolute Gasteiger partial charge is 0.265 e. The number of nitrogens with zero attached hydrogens (tertiary/aromatic N) is 2. The molecule has 3 nitrogen and oxygen atoms in total. The number of aryl methyl sites for hydroxylation is 1. The summed E-state index contributed by atoms with van der Waals surface area (Å²) >= 11 is 2.42. The van der Waals surface area contributed by atoms with Gasteiger partial charge < -0.3 is 5.73 Å². The van der Waals surface area contributed by atoms with Crippen LogP contribution >= 0.6 is 23.3 Å². The van der Waals surface area contributed by atoms with Gasteiger partial charge in [-0.3, -0.25) is 0 Å². The quantitative estimate of drug-likeness (QED) is 0.870. The Kier molecular flexibility index (Phi) is 4.13. The summed E-state index contributed by atoms with van der Waals surface area (Å²) < 4.78 is 30.5. The highest BCUT2D eigenvalue weighted by Crippen LogP contribution is 2.36. The van der Waals surface area contributed by atoms with E-state index in [1.54, 1.807) is 12.1 Å². The highest BCUT2D eigenvalue weighted by molar-refractivity contribution is 8.01. The van der Waals surface area contributed by atoms with Crippen molar-refractivity contribution in [2.45, 2.75) is 29.0 Å². The second-order valence-corrected chi connectivity index (χ2v) is 5.57. The van der Waals surface area contributed by atoms with Crippen molar-refractivity contribution in [3.8, 4) is 0 Å². The highest BCUT2D eigenvalue weighted by atomic mass is 32.2. The van der Waals surface area contributed by atoms with Crippen LogP contribution in [0.15, 0.2) is 27.4 Å². The van der Waals surface area contributed by atoms with Gasteiger partial charge in [0, 0.05) is 22.6 Å². The molecule has 1 aromatic heterocycles. The minimum absolute atomic E-state index is 0.0618. The van der Waals surface area contributed by atoms with Crippen molar-refractivity contribution in [2.75, 3.05) is 5.73 Å². The number of benzene rings is 1. The Labute approximate surface area is 112 Å². The van der Waals surface area contributed by atoms with E-state index < -0.39 is 6.43 Å². The summed E-state index contributed by atoms with van der Waals surface area (Å²) in [6.45, 7) is 1.95. The van der Waals surface area contributed by atoms with Gasteiger partial charge in [0.05, 0.1) is 0 Å². The maximum atomic E-state index is 12.9. The maximum absolute atomic E-state index is 12.9. The minimum Gasteiger partial charge on any atom is -0.399 e. The minimum atomic E-state index is -2.55. The summed E-state index contributed by atoms with van der Waals surface area (Å²) in [4.78, 5) is 4.71. The SMILES string of the molecule is CCc1nsc(Sc2ccc(N)cc2C(F)F)n1. The van der Waals surface area contributed by atoms with Crippen LogP contribution in [-0.2, 0) is 6.42 Å². The maximum Gasteiger partial charge on any atom is 0.265 e. The third-order valence-corrected chi connectivity index (χ3v) is 4.11. The monoisotopic (exact) mass is 287 g/mol.